The Morgan fingerprint density at radius 3 is 2.91 bits per heavy atom. The van der Waals surface area contributed by atoms with Gasteiger partial charge >= 0.3 is 0 Å². The average Bonchev–Trinajstić information content (AvgIpc) is 3.17. The number of pyridine rings is 1. The van der Waals surface area contributed by atoms with E-state index in [9.17, 15) is 4.79 Å². The number of carbonyl (C=O) groups excluding carboxylic acids is 1. The molecule has 0 fully saturated rings. The van der Waals surface area contributed by atoms with Crippen molar-refractivity contribution in [2.45, 2.75) is 30.0 Å². The van der Waals surface area contributed by atoms with Gasteiger partial charge in [-0.05, 0) is 25.1 Å². The standard InChI is InChI=1S/C21H19Cl2N5O3S/c1-3-8-28-19(17-11-30-15-6-4-5-7-16(15)31-17)26-27-21(28)32-12(2)20(29)25-18-14(23)9-13(22)10-24-18/h3-7,9-10,12,17H,1,8,11H2,2H3,(H,24,25,29). The zero-order valence-electron chi connectivity index (χ0n) is 17.0. The van der Waals surface area contributed by atoms with E-state index in [1.807, 2.05) is 28.8 Å². The van der Waals surface area contributed by atoms with E-state index in [2.05, 4.69) is 27.1 Å². The molecule has 1 aliphatic heterocycles. The van der Waals surface area contributed by atoms with Crippen LogP contribution in [0.15, 0.2) is 54.3 Å². The molecule has 11 heteroatoms. The van der Waals surface area contributed by atoms with Crippen LogP contribution in [0.4, 0.5) is 5.82 Å². The van der Waals surface area contributed by atoms with Crippen LogP contribution in [-0.4, -0.2) is 37.5 Å². The van der Waals surface area contributed by atoms with E-state index in [1.54, 1.807) is 13.0 Å². The molecule has 1 aromatic carbocycles. The smallest absolute Gasteiger partial charge is 0.238 e. The number of hydrogen-bond donors (Lipinski definition) is 1. The zero-order valence-corrected chi connectivity index (χ0v) is 19.3. The number of amides is 1. The van der Waals surface area contributed by atoms with Gasteiger partial charge in [-0.15, -0.1) is 16.8 Å². The van der Waals surface area contributed by atoms with Crippen LogP contribution in [0, 0.1) is 0 Å². The largest absolute Gasteiger partial charge is 0.485 e. The van der Waals surface area contributed by atoms with Crippen molar-refractivity contribution in [1.82, 2.24) is 19.7 Å². The highest BCUT2D eigenvalue weighted by Crippen LogP contribution is 2.36. The Hall–Kier alpha value is -2.75. The summed E-state index contributed by atoms with van der Waals surface area (Å²) >= 11 is 13.2. The molecule has 166 valence electrons. The molecule has 2 aromatic heterocycles. The van der Waals surface area contributed by atoms with Crippen molar-refractivity contribution >= 4 is 46.7 Å². The van der Waals surface area contributed by atoms with Crippen LogP contribution in [0.25, 0.3) is 0 Å². The van der Waals surface area contributed by atoms with Gasteiger partial charge in [-0.1, -0.05) is 53.2 Å². The predicted octanol–water partition coefficient (Wildman–Crippen LogP) is 4.80. The molecule has 8 nitrogen and oxygen atoms in total. The Balaban J connectivity index is 1.49. The number of allylic oxidation sites excluding steroid dienone is 1. The molecule has 1 aliphatic rings. The summed E-state index contributed by atoms with van der Waals surface area (Å²) in [5.74, 6) is 1.89. The first-order valence-electron chi connectivity index (χ1n) is 9.67. The minimum Gasteiger partial charge on any atom is -0.485 e. The van der Waals surface area contributed by atoms with E-state index >= 15 is 0 Å². The molecule has 3 aromatic rings. The molecule has 2 unspecified atom stereocenters. The SMILES string of the molecule is C=CCn1c(SC(C)C(=O)Nc2ncc(Cl)cc2Cl)nnc1C1COc2ccccc2O1. The van der Waals surface area contributed by atoms with Gasteiger partial charge in [0.2, 0.25) is 5.91 Å². The van der Waals surface area contributed by atoms with E-state index in [0.717, 1.165) is 0 Å². The number of nitrogens with zero attached hydrogens (tertiary/aromatic N) is 4. The Labute approximate surface area is 198 Å². The molecule has 3 heterocycles. The van der Waals surface area contributed by atoms with Gasteiger partial charge in [0, 0.05) is 12.7 Å². The molecular formula is C21H19Cl2N5O3S. The highest BCUT2D eigenvalue weighted by Gasteiger charge is 2.29. The van der Waals surface area contributed by atoms with Gasteiger partial charge in [0.25, 0.3) is 0 Å². The third-order valence-corrected chi connectivity index (χ3v) is 6.13. The van der Waals surface area contributed by atoms with Crippen molar-refractivity contribution < 1.29 is 14.3 Å². The number of nitrogens with one attached hydrogen (secondary N) is 1. The number of benzene rings is 1. The topological polar surface area (TPSA) is 91.2 Å². The molecule has 2 atom stereocenters. The van der Waals surface area contributed by atoms with Crippen LogP contribution >= 0.6 is 35.0 Å². The molecule has 1 amide bonds. The maximum Gasteiger partial charge on any atom is 0.238 e. The van der Waals surface area contributed by atoms with Crippen molar-refractivity contribution in [2.24, 2.45) is 0 Å². The average molecular weight is 492 g/mol. The molecule has 0 saturated heterocycles. The summed E-state index contributed by atoms with van der Waals surface area (Å²) in [6, 6.07) is 8.97. The highest BCUT2D eigenvalue weighted by molar-refractivity contribution is 8.00. The number of ether oxygens (including phenoxy) is 2. The van der Waals surface area contributed by atoms with E-state index in [1.165, 1.54) is 24.0 Å². The quantitative estimate of drug-likeness (QED) is 0.374. The second-order valence-electron chi connectivity index (χ2n) is 6.84. The van der Waals surface area contributed by atoms with E-state index < -0.39 is 11.4 Å². The third-order valence-electron chi connectivity index (χ3n) is 4.55. The maximum absolute atomic E-state index is 12.7. The van der Waals surface area contributed by atoms with Crippen LogP contribution in [-0.2, 0) is 11.3 Å². The fraction of sp³-hybridized carbons (Fsp3) is 0.238. The van der Waals surface area contributed by atoms with Gasteiger partial charge < -0.3 is 14.8 Å². The number of anilines is 1. The first-order valence-corrected chi connectivity index (χ1v) is 11.3. The maximum atomic E-state index is 12.7. The molecular weight excluding hydrogens is 473 g/mol. The number of thioether (sulfide) groups is 1. The van der Waals surface area contributed by atoms with Crippen LogP contribution in [0.2, 0.25) is 10.0 Å². The summed E-state index contributed by atoms with van der Waals surface area (Å²) < 4.78 is 13.7. The number of aromatic nitrogens is 4. The van der Waals surface area contributed by atoms with Crippen molar-refractivity contribution in [1.29, 1.82) is 0 Å². The second kappa shape index (κ2) is 9.81. The zero-order chi connectivity index (χ0) is 22.7. The van der Waals surface area contributed by atoms with Gasteiger partial charge in [-0.3, -0.25) is 9.36 Å². The molecule has 0 radical (unpaired) electrons. The van der Waals surface area contributed by atoms with E-state index in [0.29, 0.717) is 40.7 Å². The lowest BCUT2D eigenvalue weighted by Gasteiger charge is -2.26. The summed E-state index contributed by atoms with van der Waals surface area (Å²) in [5.41, 5.74) is 0. The van der Waals surface area contributed by atoms with Gasteiger partial charge in [-0.2, -0.15) is 0 Å². The van der Waals surface area contributed by atoms with Crippen molar-refractivity contribution in [3.8, 4) is 11.5 Å². The lowest BCUT2D eigenvalue weighted by molar-refractivity contribution is -0.115. The van der Waals surface area contributed by atoms with Crippen molar-refractivity contribution in [3.63, 3.8) is 0 Å². The van der Waals surface area contributed by atoms with Crippen molar-refractivity contribution in [2.75, 3.05) is 11.9 Å². The first kappa shape index (κ1) is 22.4. The highest BCUT2D eigenvalue weighted by atomic mass is 35.5. The van der Waals surface area contributed by atoms with E-state index in [-0.39, 0.29) is 16.7 Å². The first-order chi connectivity index (χ1) is 15.5. The second-order valence-corrected chi connectivity index (χ2v) is 8.99. The molecule has 0 spiro atoms. The normalized spacial score (nSPS) is 15.8. The number of fused-ring (bicyclic) bond motifs is 1. The lowest BCUT2D eigenvalue weighted by Crippen LogP contribution is -2.25. The summed E-state index contributed by atoms with van der Waals surface area (Å²) in [6.07, 6.45) is 2.71. The van der Waals surface area contributed by atoms with Gasteiger partial charge in [0.05, 0.1) is 15.3 Å². The number of halogens is 2. The number of carbonyl (C=O) groups is 1. The van der Waals surface area contributed by atoms with Crippen LogP contribution in [0.3, 0.4) is 0 Å². The van der Waals surface area contributed by atoms with Gasteiger partial charge in [0.1, 0.15) is 6.61 Å². The summed E-state index contributed by atoms with van der Waals surface area (Å²) in [7, 11) is 0. The van der Waals surface area contributed by atoms with Crippen molar-refractivity contribution in [3.05, 3.63) is 65.1 Å². The summed E-state index contributed by atoms with van der Waals surface area (Å²) in [6.45, 7) is 6.32. The molecule has 4 rings (SSSR count). The molecule has 0 saturated carbocycles. The van der Waals surface area contributed by atoms with Gasteiger partial charge in [0.15, 0.2) is 34.4 Å². The Morgan fingerprint density at radius 1 is 1.38 bits per heavy atom. The molecule has 1 N–H and O–H groups in total. The Bertz CT molecular complexity index is 1160. The van der Waals surface area contributed by atoms with Crippen LogP contribution in [0.5, 0.6) is 11.5 Å². The molecule has 32 heavy (non-hydrogen) atoms. The minimum atomic E-state index is -0.506. The summed E-state index contributed by atoms with van der Waals surface area (Å²) in [4.78, 5) is 16.7. The number of hydrogen-bond acceptors (Lipinski definition) is 7. The Kier molecular flexibility index (Phi) is 6.88. The molecule has 0 bridgehead atoms. The monoisotopic (exact) mass is 491 g/mol. The third kappa shape index (κ3) is 4.85. The number of rotatable bonds is 7. The number of para-hydroxylation sites is 2. The lowest BCUT2D eigenvalue weighted by atomic mass is 10.2. The summed E-state index contributed by atoms with van der Waals surface area (Å²) in [5, 5.41) is 12.0. The fourth-order valence-corrected chi connectivity index (χ4v) is 4.30. The predicted molar refractivity (Wildman–Crippen MR) is 124 cm³/mol. The minimum absolute atomic E-state index is 0.244. The van der Waals surface area contributed by atoms with Crippen LogP contribution in [0.1, 0.15) is 18.9 Å². The van der Waals surface area contributed by atoms with Crippen LogP contribution < -0.4 is 14.8 Å². The fourth-order valence-electron chi connectivity index (χ4n) is 3.01. The Morgan fingerprint density at radius 2 is 2.16 bits per heavy atom. The molecule has 0 aliphatic carbocycles. The van der Waals surface area contributed by atoms with Gasteiger partial charge in [-0.25, -0.2) is 4.98 Å². The van der Waals surface area contributed by atoms with E-state index in [4.69, 9.17) is 32.7 Å².